The molecule has 0 amide bonds. The number of rotatable bonds is 6. The van der Waals surface area contributed by atoms with Crippen LogP contribution >= 0.6 is 23.2 Å². The van der Waals surface area contributed by atoms with Gasteiger partial charge in [-0.05, 0) is 36.0 Å². The van der Waals surface area contributed by atoms with Gasteiger partial charge in [-0.3, -0.25) is 0 Å². The van der Waals surface area contributed by atoms with Crippen LogP contribution in [0.1, 0.15) is 31.4 Å². The summed E-state index contributed by atoms with van der Waals surface area (Å²) in [6.45, 7) is 8.25. The molecule has 0 aromatic heterocycles. The minimum Gasteiger partial charge on any atom is -0.312 e. The van der Waals surface area contributed by atoms with Gasteiger partial charge in [0.25, 0.3) is 0 Å². The lowest BCUT2D eigenvalue weighted by molar-refractivity contribution is 0.329. The van der Waals surface area contributed by atoms with E-state index < -0.39 is 0 Å². The highest BCUT2D eigenvalue weighted by atomic mass is 35.5. The minimum absolute atomic E-state index is 0.235. The molecule has 1 rings (SSSR count). The highest BCUT2D eigenvalue weighted by Gasteiger charge is 2.16. The summed E-state index contributed by atoms with van der Waals surface area (Å²) >= 11 is 12.0. The SMILES string of the molecule is Cc1ccc(CNCC(C)(C)CCCl)c(Cl)c1. The third kappa shape index (κ3) is 5.29. The molecule has 17 heavy (non-hydrogen) atoms. The highest BCUT2D eigenvalue weighted by molar-refractivity contribution is 6.31. The van der Waals surface area contributed by atoms with Gasteiger partial charge >= 0.3 is 0 Å². The third-order valence-corrected chi connectivity index (χ3v) is 3.44. The Morgan fingerprint density at radius 3 is 2.59 bits per heavy atom. The van der Waals surface area contributed by atoms with Crippen molar-refractivity contribution in [1.82, 2.24) is 5.32 Å². The average Bonchev–Trinajstić information content (AvgIpc) is 2.21. The summed E-state index contributed by atoms with van der Waals surface area (Å²) in [6, 6.07) is 6.18. The summed E-state index contributed by atoms with van der Waals surface area (Å²) in [6.07, 6.45) is 1.02. The molecule has 0 atom stereocenters. The van der Waals surface area contributed by atoms with Crippen LogP contribution in [0, 0.1) is 12.3 Å². The van der Waals surface area contributed by atoms with Crippen molar-refractivity contribution in [3.8, 4) is 0 Å². The molecular weight excluding hydrogens is 253 g/mol. The van der Waals surface area contributed by atoms with Gasteiger partial charge < -0.3 is 5.32 Å². The Morgan fingerprint density at radius 2 is 2.00 bits per heavy atom. The standard InChI is InChI=1S/C14H21Cl2N/c1-11-4-5-12(13(16)8-11)9-17-10-14(2,3)6-7-15/h4-5,8,17H,6-7,9-10H2,1-3H3. The summed E-state index contributed by atoms with van der Waals surface area (Å²) in [5.74, 6) is 0.708. The van der Waals surface area contributed by atoms with E-state index in [-0.39, 0.29) is 5.41 Å². The van der Waals surface area contributed by atoms with Crippen LogP contribution in [0.3, 0.4) is 0 Å². The van der Waals surface area contributed by atoms with Crippen molar-refractivity contribution in [2.24, 2.45) is 5.41 Å². The summed E-state index contributed by atoms with van der Waals surface area (Å²) in [4.78, 5) is 0. The summed E-state index contributed by atoms with van der Waals surface area (Å²) < 4.78 is 0. The maximum absolute atomic E-state index is 6.18. The second-order valence-corrected chi connectivity index (χ2v) is 6.09. The van der Waals surface area contributed by atoms with Crippen molar-refractivity contribution in [3.63, 3.8) is 0 Å². The Kier molecular flexibility index (Phi) is 5.78. The Bertz CT molecular complexity index is 361. The van der Waals surface area contributed by atoms with Crippen LogP contribution in [0.25, 0.3) is 0 Å². The first kappa shape index (κ1) is 14.8. The summed E-state index contributed by atoms with van der Waals surface area (Å²) in [7, 11) is 0. The molecule has 1 N–H and O–H groups in total. The summed E-state index contributed by atoms with van der Waals surface area (Å²) in [5.41, 5.74) is 2.58. The van der Waals surface area contributed by atoms with E-state index in [1.54, 1.807) is 0 Å². The number of alkyl halides is 1. The van der Waals surface area contributed by atoms with Crippen LogP contribution in [0.4, 0.5) is 0 Å². The van der Waals surface area contributed by atoms with Gasteiger partial charge in [-0.15, -0.1) is 11.6 Å². The molecule has 0 aliphatic heterocycles. The molecule has 3 heteroatoms. The van der Waals surface area contributed by atoms with Crippen LogP contribution < -0.4 is 5.32 Å². The van der Waals surface area contributed by atoms with E-state index in [0.717, 1.165) is 30.1 Å². The molecular formula is C14H21Cl2N. The largest absolute Gasteiger partial charge is 0.312 e. The lowest BCUT2D eigenvalue weighted by atomic mass is 9.90. The molecule has 1 aromatic carbocycles. The van der Waals surface area contributed by atoms with E-state index in [1.165, 1.54) is 5.56 Å². The van der Waals surface area contributed by atoms with E-state index >= 15 is 0 Å². The van der Waals surface area contributed by atoms with Crippen molar-refractivity contribution in [1.29, 1.82) is 0 Å². The molecule has 0 saturated heterocycles. The van der Waals surface area contributed by atoms with Crippen LogP contribution in [0.15, 0.2) is 18.2 Å². The van der Waals surface area contributed by atoms with E-state index in [0.29, 0.717) is 5.88 Å². The Morgan fingerprint density at radius 1 is 1.29 bits per heavy atom. The van der Waals surface area contributed by atoms with Gasteiger partial charge in [-0.1, -0.05) is 37.6 Å². The summed E-state index contributed by atoms with van der Waals surface area (Å²) in [5, 5.41) is 4.28. The van der Waals surface area contributed by atoms with Crippen molar-refractivity contribution in [2.75, 3.05) is 12.4 Å². The van der Waals surface area contributed by atoms with Crippen molar-refractivity contribution in [2.45, 2.75) is 33.7 Å². The van der Waals surface area contributed by atoms with Crippen LogP contribution in [0.5, 0.6) is 0 Å². The number of halogens is 2. The first-order chi connectivity index (χ1) is 7.94. The van der Waals surface area contributed by atoms with Crippen LogP contribution in [-0.4, -0.2) is 12.4 Å². The second-order valence-electron chi connectivity index (χ2n) is 5.30. The molecule has 1 aromatic rings. The molecule has 96 valence electrons. The average molecular weight is 274 g/mol. The topological polar surface area (TPSA) is 12.0 Å². The van der Waals surface area contributed by atoms with E-state index in [1.807, 2.05) is 13.0 Å². The quantitative estimate of drug-likeness (QED) is 0.758. The van der Waals surface area contributed by atoms with Crippen LogP contribution in [-0.2, 0) is 6.54 Å². The zero-order valence-electron chi connectivity index (χ0n) is 10.8. The molecule has 0 saturated carbocycles. The zero-order chi connectivity index (χ0) is 12.9. The highest BCUT2D eigenvalue weighted by Crippen LogP contribution is 2.21. The predicted octanol–water partition coefficient (Wildman–Crippen LogP) is 4.39. The minimum atomic E-state index is 0.235. The molecule has 0 bridgehead atoms. The molecule has 0 spiro atoms. The number of nitrogens with one attached hydrogen (secondary N) is 1. The number of hydrogen-bond acceptors (Lipinski definition) is 1. The van der Waals surface area contributed by atoms with Gasteiger partial charge in [0.2, 0.25) is 0 Å². The Hall–Kier alpha value is -0.240. The zero-order valence-corrected chi connectivity index (χ0v) is 12.3. The monoisotopic (exact) mass is 273 g/mol. The molecule has 0 fully saturated rings. The van der Waals surface area contributed by atoms with Gasteiger partial charge in [0.1, 0.15) is 0 Å². The lowest BCUT2D eigenvalue weighted by Gasteiger charge is -2.24. The lowest BCUT2D eigenvalue weighted by Crippen LogP contribution is -2.29. The first-order valence-electron chi connectivity index (χ1n) is 5.96. The molecule has 0 radical (unpaired) electrons. The van der Waals surface area contributed by atoms with Gasteiger partial charge in [0.05, 0.1) is 0 Å². The maximum atomic E-state index is 6.18. The molecule has 0 aliphatic rings. The van der Waals surface area contributed by atoms with Crippen molar-refractivity contribution < 1.29 is 0 Å². The number of aryl methyl sites for hydroxylation is 1. The Balaban J connectivity index is 2.46. The van der Waals surface area contributed by atoms with E-state index in [9.17, 15) is 0 Å². The van der Waals surface area contributed by atoms with E-state index in [4.69, 9.17) is 23.2 Å². The molecule has 1 nitrogen and oxygen atoms in total. The van der Waals surface area contributed by atoms with E-state index in [2.05, 4.69) is 31.3 Å². The maximum Gasteiger partial charge on any atom is 0.0453 e. The smallest absolute Gasteiger partial charge is 0.0453 e. The molecule has 0 heterocycles. The fraction of sp³-hybridized carbons (Fsp3) is 0.571. The van der Waals surface area contributed by atoms with Gasteiger partial charge in [-0.25, -0.2) is 0 Å². The predicted molar refractivity (Wildman–Crippen MR) is 77.0 cm³/mol. The second kappa shape index (κ2) is 6.63. The Labute approximate surface area is 115 Å². The van der Waals surface area contributed by atoms with Crippen molar-refractivity contribution >= 4 is 23.2 Å². The number of hydrogen-bond donors (Lipinski definition) is 1. The fourth-order valence-electron chi connectivity index (χ4n) is 1.68. The molecule has 0 aliphatic carbocycles. The van der Waals surface area contributed by atoms with Crippen LogP contribution in [0.2, 0.25) is 5.02 Å². The fourth-order valence-corrected chi connectivity index (χ4v) is 2.49. The van der Waals surface area contributed by atoms with Gasteiger partial charge in [-0.2, -0.15) is 0 Å². The third-order valence-electron chi connectivity index (χ3n) is 2.90. The number of benzene rings is 1. The molecule has 0 unspecified atom stereocenters. The van der Waals surface area contributed by atoms with Gasteiger partial charge in [0, 0.05) is 24.0 Å². The first-order valence-corrected chi connectivity index (χ1v) is 6.87. The normalized spacial score (nSPS) is 11.8. The van der Waals surface area contributed by atoms with Gasteiger partial charge in [0.15, 0.2) is 0 Å². The van der Waals surface area contributed by atoms with Crippen molar-refractivity contribution in [3.05, 3.63) is 34.3 Å².